The first kappa shape index (κ1) is 15.6. The predicted octanol–water partition coefficient (Wildman–Crippen LogP) is 1.28. The lowest BCUT2D eigenvalue weighted by molar-refractivity contribution is -0.321. The molecule has 8 nitrogen and oxygen atoms in total. The lowest BCUT2D eigenvalue weighted by Crippen LogP contribution is -2.52. The largest absolute Gasteiger partial charge is 0.522 e. The van der Waals surface area contributed by atoms with Gasteiger partial charge in [0.2, 0.25) is 17.7 Å². The Morgan fingerprint density at radius 2 is 2.16 bits per heavy atom. The van der Waals surface area contributed by atoms with Gasteiger partial charge < -0.3 is 15.5 Å². The Balaban J connectivity index is 1.83. The molecule has 0 aromatic heterocycles. The van der Waals surface area contributed by atoms with Crippen LogP contribution in [-0.4, -0.2) is 66.5 Å². The van der Waals surface area contributed by atoms with Gasteiger partial charge in [0.05, 0.1) is 6.04 Å². The second-order valence-electron chi connectivity index (χ2n) is 8.18. The smallest absolute Gasteiger partial charge is 0.356 e. The third-order valence-corrected chi connectivity index (χ3v) is 5.96. The van der Waals surface area contributed by atoms with Gasteiger partial charge in [-0.1, -0.05) is 6.85 Å². The average Bonchev–Trinajstić information content (AvgIpc) is 3.24. The molecule has 2 saturated heterocycles. The number of likely N-dealkylation sites (tertiary alicyclic amines) is 1. The first-order valence-corrected chi connectivity index (χ1v) is 9.83. The van der Waals surface area contributed by atoms with E-state index in [0.29, 0.717) is 12.8 Å². The van der Waals surface area contributed by atoms with E-state index in [2.05, 4.69) is 15.4 Å². The normalized spacial score (nSPS) is 30.1. The molecule has 2 heterocycles. The van der Waals surface area contributed by atoms with Crippen molar-refractivity contribution in [3.05, 3.63) is 0 Å². The summed E-state index contributed by atoms with van der Waals surface area (Å²) in [6.45, 7) is -4.85. The highest BCUT2D eigenvalue weighted by Gasteiger charge is 2.55. The summed E-state index contributed by atoms with van der Waals surface area (Å²) in [6.07, 6.45) is -11.3. The van der Waals surface area contributed by atoms with Crippen molar-refractivity contribution in [3.63, 3.8) is 0 Å². The van der Waals surface area contributed by atoms with Gasteiger partial charge in [-0.3, -0.25) is 23.9 Å². The number of carbonyl (C=O) groups excluding carboxylic acids is 4. The summed E-state index contributed by atoms with van der Waals surface area (Å²) in [5.41, 5.74) is -0.579. The second-order valence-corrected chi connectivity index (χ2v) is 8.18. The Kier molecular flexibility index (Phi) is 4.60. The zero-order chi connectivity index (χ0) is 28.9. The predicted molar refractivity (Wildman–Crippen MR) is 101 cm³/mol. The molecule has 0 unspecified atom stereocenters. The van der Waals surface area contributed by atoms with Gasteiger partial charge in [0.15, 0.2) is 5.78 Å². The maximum Gasteiger partial charge on any atom is 0.522 e. The maximum atomic E-state index is 13.3. The van der Waals surface area contributed by atoms with E-state index < -0.39 is 79.5 Å². The van der Waals surface area contributed by atoms with E-state index in [1.54, 1.807) is 0 Å². The molecule has 0 bridgehead atoms. The molecule has 0 aromatic carbocycles. The molecule has 31 heavy (non-hydrogen) atoms. The first-order chi connectivity index (χ1) is 17.2. The third kappa shape index (κ3) is 5.96. The Labute approximate surface area is 188 Å². The van der Waals surface area contributed by atoms with Crippen LogP contribution in [0.15, 0.2) is 0 Å². The lowest BCUT2D eigenvalue weighted by Gasteiger charge is -2.27. The standard InChI is InChI=1S/C20H28F3N3O5/c1-2-3-16(28)26-11-19(5-6-19)9-14(26)18(30)25-13(8-12-4-7-24-17(12)29)15(27)10-31-20(21,22)23/h12-14H,2-11H2,1H3,(H,24,29)(H,25,30)/t12-,13-,14-/m0/s1/i1D3,2D2,3D2. The van der Waals surface area contributed by atoms with Crippen LogP contribution in [0.25, 0.3) is 0 Å². The highest BCUT2D eigenvalue weighted by atomic mass is 19.4. The number of hydrogen-bond acceptors (Lipinski definition) is 5. The summed E-state index contributed by atoms with van der Waals surface area (Å²) < 4.78 is 94.6. The minimum Gasteiger partial charge on any atom is -0.356 e. The van der Waals surface area contributed by atoms with Gasteiger partial charge in [-0.15, -0.1) is 13.2 Å². The van der Waals surface area contributed by atoms with Crippen molar-refractivity contribution in [2.45, 2.75) is 70.1 Å². The van der Waals surface area contributed by atoms with Gasteiger partial charge in [-0.25, -0.2) is 0 Å². The molecule has 2 aliphatic heterocycles. The second kappa shape index (κ2) is 9.13. The molecule has 3 atom stereocenters. The van der Waals surface area contributed by atoms with Gasteiger partial charge in [0.25, 0.3) is 0 Å². The van der Waals surface area contributed by atoms with Crippen LogP contribution < -0.4 is 10.6 Å². The number of nitrogens with zero attached hydrogens (tertiary/aromatic N) is 1. The molecule has 3 aliphatic rings. The number of halogens is 3. The molecule has 1 saturated carbocycles. The van der Waals surface area contributed by atoms with Gasteiger partial charge in [-0.2, -0.15) is 0 Å². The number of carbonyl (C=O) groups is 4. The van der Waals surface area contributed by atoms with Crippen LogP contribution in [0.5, 0.6) is 0 Å². The molecule has 11 heteroatoms. The molecule has 3 fully saturated rings. The van der Waals surface area contributed by atoms with Crippen LogP contribution in [0.3, 0.4) is 0 Å². The quantitative estimate of drug-likeness (QED) is 0.546. The monoisotopic (exact) mass is 454 g/mol. The molecule has 3 amide bonds. The Hall–Kier alpha value is -2.17. The topological polar surface area (TPSA) is 105 Å². The summed E-state index contributed by atoms with van der Waals surface area (Å²) in [6, 6.07) is -3.04. The van der Waals surface area contributed by atoms with Crippen molar-refractivity contribution in [3.8, 4) is 0 Å². The number of alkyl halides is 3. The fourth-order valence-electron chi connectivity index (χ4n) is 4.12. The zero-order valence-electron chi connectivity index (χ0n) is 23.5. The summed E-state index contributed by atoms with van der Waals surface area (Å²) in [5, 5.41) is 4.79. The number of nitrogens with one attached hydrogen (secondary N) is 2. The van der Waals surface area contributed by atoms with Crippen molar-refractivity contribution in [1.29, 1.82) is 0 Å². The molecule has 174 valence electrons. The van der Waals surface area contributed by atoms with Crippen molar-refractivity contribution in [2.75, 3.05) is 19.7 Å². The Morgan fingerprint density at radius 3 is 2.74 bits per heavy atom. The lowest BCUT2D eigenvalue weighted by atomic mass is 9.95. The average molecular weight is 454 g/mol. The van der Waals surface area contributed by atoms with E-state index >= 15 is 0 Å². The van der Waals surface area contributed by atoms with Crippen LogP contribution in [0.4, 0.5) is 13.2 Å². The summed E-state index contributed by atoms with van der Waals surface area (Å²) in [5.74, 6) is -5.01. The van der Waals surface area contributed by atoms with Crippen molar-refractivity contribution >= 4 is 23.5 Å². The Bertz CT molecular complexity index is 988. The number of ether oxygens (including phenoxy) is 1. The number of amides is 3. The summed E-state index contributed by atoms with van der Waals surface area (Å²) in [7, 11) is 0. The molecule has 0 aromatic rings. The molecular weight excluding hydrogens is 419 g/mol. The molecule has 1 aliphatic carbocycles. The first-order valence-electron chi connectivity index (χ1n) is 13.3. The molecular formula is C20H28F3N3O5. The van der Waals surface area contributed by atoms with E-state index in [9.17, 15) is 32.3 Å². The number of rotatable bonds is 9. The van der Waals surface area contributed by atoms with E-state index in [0.717, 1.165) is 4.90 Å². The van der Waals surface area contributed by atoms with Gasteiger partial charge in [0, 0.05) is 35.0 Å². The van der Waals surface area contributed by atoms with Crippen molar-refractivity contribution in [1.82, 2.24) is 15.5 Å². The number of ketones is 1. The van der Waals surface area contributed by atoms with Crippen molar-refractivity contribution < 1.29 is 46.7 Å². The van der Waals surface area contributed by atoms with Crippen LogP contribution in [0.2, 0.25) is 0 Å². The number of Topliss-reactive ketones (excluding diaryl/α,β-unsaturated/α-hetero) is 1. The van der Waals surface area contributed by atoms with Gasteiger partial charge in [-0.05, 0) is 43.9 Å². The third-order valence-electron chi connectivity index (χ3n) is 5.96. The van der Waals surface area contributed by atoms with Crippen LogP contribution >= 0.6 is 0 Å². The van der Waals surface area contributed by atoms with Gasteiger partial charge in [0.1, 0.15) is 12.6 Å². The highest BCUT2D eigenvalue weighted by molar-refractivity contribution is 5.94. The van der Waals surface area contributed by atoms with Crippen LogP contribution in [0, 0.1) is 11.3 Å². The summed E-state index contributed by atoms with van der Waals surface area (Å²) >= 11 is 0. The fourth-order valence-corrected chi connectivity index (χ4v) is 4.12. The minimum absolute atomic E-state index is 0.00129. The van der Waals surface area contributed by atoms with Crippen molar-refractivity contribution in [2.24, 2.45) is 11.3 Å². The molecule has 2 N–H and O–H groups in total. The van der Waals surface area contributed by atoms with E-state index in [-0.39, 0.29) is 32.4 Å². The maximum absolute atomic E-state index is 13.3. The zero-order valence-corrected chi connectivity index (χ0v) is 16.5. The summed E-state index contributed by atoms with van der Waals surface area (Å²) in [4.78, 5) is 51.7. The molecule has 3 rings (SSSR count). The molecule has 1 spiro atoms. The van der Waals surface area contributed by atoms with E-state index in [4.69, 9.17) is 9.60 Å². The molecule has 0 radical (unpaired) electrons. The van der Waals surface area contributed by atoms with E-state index in [1.165, 1.54) is 0 Å². The van der Waals surface area contributed by atoms with Crippen LogP contribution in [0.1, 0.15) is 61.3 Å². The highest BCUT2D eigenvalue weighted by Crippen LogP contribution is 2.55. The Morgan fingerprint density at radius 1 is 1.42 bits per heavy atom. The van der Waals surface area contributed by atoms with Crippen LogP contribution in [-0.2, 0) is 23.9 Å². The minimum atomic E-state index is -5.13. The van der Waals surface area contributed by atoms with E-state index in [1.807, 2.05) is 0 Å². The fraction of sp³-hybridized carbons (Fsp3) is 0.800. The SMILES string of the molecule is [2H]C([2H])([2H])C([2H])([2H])C([2H])([2H])C(=O)N1CC2(CC2)C[C@H]1C(=O)N[C@@H](C[C@@H]1CCNC1=O)C(=O)COC(F)(F)F. The number of hydrogen-bond donors (Lipinski definition) is 2. The van der Waals surface area contributed by atoms with Gasteiger partial charge >= 0.3 is 6.36 Å².